The summed E-state index contributed by atoms with van der Waals surface area (Å²) in [5.74, 6) is 0.680. The minimum Gasteiger partial charge on any atom is -0.240 e. The molecule has 24 heavy (non-hydrogen) atoms. The number of rotatable bonds is 3. The highest BCUT2D eigenvalue weighted by atomic mass is 79.9. The predicted molar refractivity (Wildman–Crippen MR) is 95.6 cm³/mol. The van der Waals surface area contributed by atoms with Crippen molar-refractivity contribution in [3.8, 4) is 11.4 Å². The smallest absolute Gasteiger partial charge is 0.221 e. The molecule has 4 rings (SSSR count). The number of benzene rings is 1. The zero-order chi connectivity index (χ0) is 16.5. The van der Waals surface area contributed by atoms with Gasteiger partial charge in [0.15, 0.2) is 19.3 Å². The Kier molecular flexibility index (Phi) is 3.77. The molecule has 0 spiro atoms. The van der Waals surface area contributed by atoms with E-state index in [1.54, 1.807) is 23.3 Å². The third-order valence-electron chi connectivity index (χ3n) is 3.49. The fourth-order valence-corrected chi connectivity index (χ4v) is 2.59. The lowest BCUT2D eigenvalue weighted by atomic mass is 10.1. The molecule has 0 saturated carbocycles. The maximum atomic E-state index is 4.47. The van der Waals surface area contributed by atoms with Crippen molar-refractivity contribution < 1.29 is 0 Å². The van der Waals surface area contributed by atoms with Gasteiger partial charge >= 0.3 is 0 Å². The Hall–Kier alpha value is -2.68. The van der Waals surface area contributed by atoms with Crippen LogP contribution in [0.2, 0.25) is 0 Å². The Labute approximate surface area is 146 Å². The van der Waals surface area contributed by atoms with E-state index < -0.39 is 0 Å². The lowest BCUT2D eigenvalue weighted by Gasteiger charge is -2.05. The Morgan fingerprint density at radius 3 is 2.75 bits per heavy atom. The molecule has 0 radical (unpaired) electrons. The first-order chi connectivity index (χ1) is 11.7. The van der Waals surface area contributed by atoms with Gasteiger partial charge in [-0.25, -0.2) is 24.6 Å². The number of halogens is 1. The van der Waals surface area contributed by atoms with Crippen molar-refractivity contribution in [3.05, 3.63) is 52.9 Å². The van der Waals surface area contributed by atoms with Crippen LogP contribution in [0.3, 0.4) is 0 Å². The fraction of sp³-hybridized carbons (Fsp3) is 0.0667. The molecular weight excluding hydrogens is 369 g/mol. The van der Waals surface area contributed by atoms with Crippen LogP contribution < -0.4 is 5.59 Å². The second-order valence-corrected chi connectivity index (χ2v) is 6.25. The summed E-state index contributed by atoms with van der Waals surface area (Å²) in [5, 5.41) is 8.21. The highest BCUT2D eigenvalue weighted by molar-refractivity contribution is 9.10. The van der Waals surface area contributed by atoms with Crippen LogP contribution in [0.25, 0.3) is 22.7 Å². The van der Waals surface area contributed by atoms with E-state index in [9.17, 15) is 0 Å². The summed E-state index contributed by atoms with van der Waals surface area (Å²) in [7, 11) is 1.90. The fourth-order valence-electron chi connectivity index (χ4n) is 2.39. The highest BCUT2D eigenvalue weighted by Crippen LogP contribution is 2.18. The number of hydrogen-bond donors (Lipinski definition) is 0. The molecule has 4 aromatic rings. The van der Waals surface area contributed by atoms with Gasteiger partial charge < -0.3 is 0 Å². The van der Waals surface area contributed by atoms with Crippen LogP contribution >= 0.6 is 15.9 Å². The van der Waals surface area contributed by atoms with E-state index in [1.807, 2.05) is 32.1 Å². The van der Waals surface area contributed by atoms with Gasteiger partial charge in [-0.15, -0.1) is 5.10 Å². The van der Waals surface area contributed by atoms with Crippen LogP contribution in [0.1, 0.15) is 5.56 Å². The van der Waals surface area contributed by atoms with Crippen molar-refractivity contribution >= 4 is 40.7 Å². The Morgan fingerprint density at radius 1 is 1.08 bits per heavy atom. The molecule has 7 nitrogen and oxygen atoms in total. The summed E-state index contributed by atoms with van der Waals surface area (Å²) in [4.78, 5) is 17.4. The van der Waals surface area contributed by atoms with Gasteiger partial charge in [0, 0.05) is 29.7 Å². The molecule has 0 fully saturated rings. The van der Waals surface area contributed by atoms with Crippen molar-refractivity contribution in [2.75, 3.05) is 0 Å². The van der Waals surface area contributed by atoms with Crippen LogP contribution in [-0.2, 0) is 6.54 Å². The summed E-state index contributed by atoms with van der Waals surface area (Å²) < 4.78 is 2.60. The summed E-state index contributed by atoms with van der Waals surface area (Å²) in [6.07, 6.45) is 5.16. The van der Waals surface area contributed by atoms with E-state index in [1.165, 1.54) is 0 Å². The van der Waals surface area contributed by atoms with Crippen LogP contribution in [0, 0.1) is 0 Å². The first-order valence-corrected chi connectivity index (χ1v) is 8.08. The van der Waals surface area contributed by atoms with Crippen LogP contribution in [0.15, 0.2) is 47.3 Å². The monoisotopic (exact) mass is 379 g/mol. The highest BCUT2D eigenvalue weighted by Gasteiger charge is 2.09. The molecule has 1 aromatic carbocycles. The Morgan fingerprint density at radius 2 is 1.92 bits per heavy atom. The van der Waals surface area contributed by atoms with Gasteiger partial charge in [-0.2, -0.15) is 0 Å². The van der Waals surface area contributed by atoms with Gasteiger partial charge in [-0.05, 0) is 27.6 Å². The predicted octanol–water partition coefficient (Wildman–Crippen LogP) is 0.747. The lowest BCUT2D eigenvalue weighted by molar-refractivity contribution is 0.664. The van der Waals surface area contributed by atoms with Crippen LogP contribution in [0.5, 0.6) is 0 Å². The first-order valence-electron chi connectivity index (χ1n) is 7.29. The average molecular weight is 380 g/mol. The van der Waals surface area contributed by atoms with E-state index in [0.29, 0.717) is 23.7 Å². The van der Waals surface area contributed by atoms with Crippen molar-refractivity contribution in [1.82, 2.24) is 34.9 Å². The average Bonchev–Trinajstić information content (AvgIpc) is 2.98. The van der Waals surface area contributed by atoms with Gasteiger partial charge in [-0.1, -0.05) is 23.4 Å². The Balaban J connectivity index is 1.68. The molecule has 0 aliphatic carbocycles. The summed E-state index contributed by atoms with van der Waals surface area (Å²) in [5.41, 5.74) is 4.08. The molecule has 9 heteroatoms. The minimum atomic E-state index is 0.549. The van der Waals surface area contributed by atoms with Crippen molar-refractivity contribution in [1.29, 1.82) is 0 Å². The van der Waals surface area contributed by atoms with Crippen LogP contribution in [-0.4, -0.2) is 42.8 Å². The van der Waals surface area contributed by atoms with Gasteiger partial charge in [0.2, 0.25) is 5.65 Å². The van der Waals surface area contributed by atoms with E-state index in [4.69, 9.17) is 0 Å². The van der Waals surface area contributed by atoms with Gasteiger partial charge in [0.25, 0.3) is 0 Å². The standard InChI is InChI=1S/C15H11BBrN7/c16-12-7-20-14-15(21-12)24(23-22-14)8-9-2-1-3-10(4-9)13-18-5-11(17)6-19-13/h1-7H,8,16H2. The van der Waals surface area contributed by atoms with E-state index in [0.717, 1.165) is 21.2 Å². The number of aromatic nitrogens is 7. The summed E-state index contributed by atoms with van der Waals surface area (Å²) in [6.45, 7) is 0.555. The molecule has 0 saturated heterocycles. The lowest BCUT2D eigenvalue weighted by Crippen LogP contribution is -2.11. The maximum absolute atomic E-state index is 4.47. The molecule has 0 aliphatic heterocycles. The normalized spacial score (nSPS) is 11.0. The number of nitrogens with zero attached hydrogens (tertiary/aromatic N) is 7. The number of fused-ring (bicyclic) bond motifs is 1. The number of hydrogen-bond acceptors (Lipinski definition) is 6. The van der Waals surface area contributed by atoms with E-state index in [-0.39, 0.29) is 0 Å². The molecule has 3 aromatic heterocycles. The molecule has 0 aliphatic rings. The SMILES string of the molecule is Bc1cnc2nnn(Cc3cccc(-c4ncc(Br)cn4)c3)c2n1. The van der Waals surface area contributed by atoms with Crippen molar-refractivity contribution in [2.24, 2.45) is 0 Å². The molecule has 0 amide bonds. The topological polar surface area (TPSA) is 82.3 Å². The third-order valence-corrected chi connectivity index (χ3v) is 3.90. The zero-order valence-electron chi connectivity index (χ0n) is 12.8. The minimum absolute atomic E-state index is 0.549. The van der Waals surface area contributed by atoms with Gasteiger partial charge in [-0.3, -0.25) is 0 Å². The quantitative estimate of drug-likeness (QED) is 0.488. The van der Waals surface area contributed by atoms with E-state index in [2.05, 4.69) is 46.2 Å². The van der Waals surface area contributed by atoms with Crippen LogP contribution in [0.4, 0.5) is 0 Å². The van der Waals surface area contributed by atoms with Crippen molar-refractivity contribution in [2.45, 2.75) is 6.54 Å². The molecular formula is C15H11BBrN7. The third kappa shape index (κ3) is 2.90. The first kappa shape index (κ1) is 14.9. The second-order valence-electron chi connectivity index (χ2n) is 5.33. The largest absolute Gasteiger partial charge is 0.240 e. The molecule has 0 N–H and O–H groups in total. The van der Waals surface area contributed by atoms with Gasteiger partial charge in [0.1, 0.15) is 0 Å². The molecule has 0 unspecified atom stereocenters. The maximum Gasteiger partial charge on any atom is 0.221 e. The molecule has 0 bridgehead atoms. The van der Waals surface area contributed by atoms with Crippen molar-refractivity contribution in [3.63, 3.8) is 0 Å². The second kappa shape index (κ2) is 6.08. The molecule has 116 valence electrons. The molecule has 3 heterocycles. The zero-order valence-corrected chi connectivity index (χ0v) is 14.3. The molecule has 0 atom stereocenters. The summed E-state index contributed by atoms with van der Waals surface area (Å²) in [6, 6.07) is 8.03. The summed E-state index contributed by atoms with van der Waals surface area (Å²) >= 11 is 3.34. The van der Waals surface area contributed by atoms with E-state index >= 15 is 0 Å². The van der Waals surface area contributed by atoms with Gasteiger partial charge in [0.05, 0.1) is 11.0 Å². The Bertz CT molecular complexity index is 1020.